The van der Waals surface area contributed by atoms with E-state index in [2.05, 4.69) is 13.8 Å². The molecule has 0 N–H and O–H groups in total. The Morgan fingerprint density at radius 1 is 1.19 bits per heavy atom. The topological polar surface area (TPSA) is 43.4 Å². The third kappa shape index (κ3) is 5.30. The Morgan fingerprint density at radius 2 is 1.75 bits per heavy atom. The number of unbranched alkanes of at least 4 members (excludes halogenated alkanes) is 1. The summed E-state index contributed by atoms with van der Waals surface area (Å²) in [4.78, 5) is 0. The fourth-order valence-corrected chi connectivity index (χ4v) is 1.99. The van der Waals surface area contributed by atoms with E-state index in [9.17, 15) is 8.42 Å². The summed E-state index contributed by atoms with van der Waals surface area (Å²) in [6.45, 7) is 9.53. The minimum absolute atomic E-state index is 0.329. The molecule has 0 aliphatic heterocycles. The van der Waals surface area contributed by atoms with Gasteiger partial charge < -0.3 is 0 Å². The van der Waals surface area contributed by atoms with Crippen molar-refractivity contribution < 1.29 is 12.6 Å². The summed E-state index contributed by atoms with van der Waals surface area (Å²) < 4.78 is 27.7. The molecule has 0 spiro atoms. The first-order valence-corrected chi connectivity index (χ1v) is 7.54. The summed E-state index contributed by atoms with van der Waals surface area (Å²) in [5, 5.41) is 0. The van der Waals surface area contributed by atoms with Gasteiger partial charge in [0.25, 0.3) is 10.1 Å². The average molecular weight is 250 g/mol. The normalized spacial score (nSPS) is 15.1. The molecule has 0 aliphatic carbocycles. The zero-order chi connectivity index (χ0) is 12.8. The maximum atomic E-state index is 11.7. The largest absolute Gasteiger partial charge is 0.272 e. The summed E-state index contributed by atoms with van der Waals surface area (Å²) >= 11 is 0. The van der Waals surface area contributed by atoms with Crippen LogP contribution in [-0.2, 0) is 14.3 Å². The van der Waals surface area contributed by atoms with Crippen LogP contribution in [0.5, 0.6) is 0 Å². The Bertz CT molecular complexity index is 275. The molecule has 16 heavy (non-hydrogen) atoms. The van der Waals surface area contributed by atoms with E-state index in [0.29, 0.717) is 12.5 Å². The fourth-order valence-electron chi connectivity index (χ4n) is 1.26. The van der Waals surface area contributed by atoms with Gasteiger partial charge in [0.05, 0.1) is 11.4 Å². The van der Waals surface area contributed by atoms with E-state index < -0.39 is 14.9 Å². The number of hydrogen-bond acceptors (Lipinski definition) is 3. The van der Waals surface area contributed by atoms with Gasteiger partial charge in [0.2, 0.25) is 0 Å². The predicted molar refractivity (Wildman–Crippen MR) is 67.9 cm³/mol. The summed E-state index contributed by atoms with van der Waals surface area (Å²) in [6, 6.07) is 0. The molecule has 0 saturated heterocycles. The molecule has 0 aliphatic rings. The lowest BCUT2D eigenvalue weighted by atomic mass is 10.0. The number of rotatable bonds is 7. The van der Waals surface area contributed by atoms with Gasteiger partial charge in [0.15, 0.2) is 0 Å². The highest BCUT2D eigenvalue weighted by Crippen LogP contribution is 2.20. The van der Waals surface area contributed by atoms with Crippen LogP contribution in [0.25, 0.3) is 0 Å². The van der Waals surface area contributed by atoms with E-state index in [4.69, 9.17) is 4.18 Å². The molecule has 98 valence electrons. The van der Waals surface area contributed by atoms with Crippen LogP contribution in [0.3, 0.4) is 0 Å². The third-order valence-corrected chi connectivity index (χ3v) is 4.70. The van der Waals surface area contributed by atoms with Crippen molar-refractivity contribution >= 4 is 10.1 Å². The molecule has 0 aromatic rings. The second kappa shape index (κ2) is 6.60. The van der Waals surface area contributed by atoms with Crippen LogP contribution >= 0.6 is 0 Å². The minimum Gasteiger partial charge on any atom is -0.269 e. The van der Waals surface area contributed by atoms with Crippen LogP contribution in [0.1, 0.15) is 60.3 Å². The third-order valence-electron chi connectivity index (χ3n) is 2.75. The Balaban J connectivity index is 4.21. The molecule has 4 heteroatoms. The molecule has 0 amide bonds. The Morgan fingerprint density at radius 3 is 2.12 bits per heavy atom. The van der Waals surface area contributed by atoms with Gasteiger partial charge in [0, 0.05) is 0 Å². The van der Waals surface area contributed by atoms with E-state index in [1.807, 2.05) is 0 Å². The summed E-state index contributed by atoms with van der Waals surface area (Å²) in [5.74, 6) is 0.358. The highest BCUT2D eigenvalue weighted by molar-refractivity contribution is 7.88. The second-order valence-corrected chi connectivity index (χ2v) is 7.64. The smallest absolute Gasteiger partial charge is 0.269 e. The molecule has 0 radical (unpaired) electrons. The Hall–Kier alpha value is -0.0900. The molecule has 1 unspecified atom stereocenters. The molecule has 0 aromatic carbocycles. The van der Waals surface area contributed by atoms with Crippen LogP contribution in [0, 0.1) is 5.92 Å². The van der Waals surface area contributed by atoms with Gasteiger partial charge in [-0.2, -0.15) is 8.42 Å². The van der Waals surface area contributed by atoms with E-state index in [1.165, 1.54) is 0 Å². The van der Waals surface area contributed by atoms with Crippen LogP contribution in [0.4, 0.5) is 0 Å². The lowest BCUT2D eigenvalue weighted by Crippen LogP contribution is -2.31. The first-order valence-electron chi connectivity index (χ1n) is 6.13. The maximum Gasteiger partial charge on any atom is 0.272 e. The van der Waals surface area contributed by atoms with Crippen LogP contribution in [0.2, 0.25) is 0 Å². The molecule has 0 heterocycles. The highest BCUT2D eigenvalue weighted by Gasteiger charge is 2.30. The first-order chi connectivity index (χ1) is 7.24. The van der Waals surface area contributed by atoms with E-state index in [0.717, 1.165) is 25.7 Å². The van der Waals surface area contributed by atoms with Gasteiger partial charge in [-0.05, 0) is 33.1 Å². The summed E-state index contributed by atoms with van der Waals surface area (Å²) in [5.41, 5.74) is 0. The zero-order valence-electron chi connectivity index (χ0n) is 11.2. The van der Waals surface area contributed by atoms with Crippen molar-refractivity contribution in [1.82, 2.24) is 0 Å². The molecule has 0 fully saturated rings. The quantitative estimate of drug-likeness (QED) is 0.651. The van der Waals surface area contributed by atoms with Crippen molar-refractivity contribution in [1.29, 1.82) is 0 Å². The van der Waals surface area contributed by atoms with E-state index in [1.54, 1.807) is 20.8 Å². The van der Waals surface area contributed by atoms with E-state index >= 15 is 0 Å². The summed E-state index contributed by atoms with van der Waals surface area (Å²) in [6.07, 6.45) is 4.30. The molecule has 0 rings (SSSR count). The molecule has 3 nitrogen and oxygen atoms in total. The van der Waals surface area contributed by atoms with Crippen molar-refractivity contribution in [2.45, 2.75) is 65.0 Å². The van der Waals surface area contributed by atoms with Gasteiger partial charge in [-0.15, -0.1) is 0 Å². The highest BCUT2D eigenvalue weighted by atomic mass is 32.2. The van der Waals surface area contributed by atoms with Crippen molar-refractivity contribution in [3.8, 4) is 0 Å². The summed E-state index contributed by atoms with van der Waals surface area (Å²) in [7, 11) is -3.43. The lowest BCUT2D eigenvalue weighted by Gasteiger charge is -2.21. The first kappa shape index (κ1) is 15.9. The van der Waals surface area contributed by atoms with Crippen molar-refractivity contribution in [2.24, 2.45) is 5.92 Å². The van der Waals surface area contributed by atoms with Crippen molar-refractivity contribution in [3.63, 3.8) is 0 Å². The number of hydrogen-bond donors (Lipinski definition) is 0. The van der Waals surface area contributed by atoms with Gasteiger partial charge in [0.1, 0.15) is 0 Å². The maximum absolute atomic E-state index is 11.7. The molecule has 0 bridgehead atoms. The predicted octanol–water partition coefficient (Wildman–Crippen LogP) is 3.35. The fraction of sp³-hybridized carbons (Fsp3) is 1.00. The lowest BCUT2D eigenvalue weighted by molar-refractivity contribution is 0.231. The van der Waals surface area contributed by atoms with E-state index in [-0.39, 0.29) is 0 Å². The minimum atomic E-state index is -3.43. The second-order valence-electron chi connectivity index (χ2n) is 5.27. The molecule has 0 saturated carbocycles. The van der Waals surface area contributed by atoms with Crippen LogP contribution in [-0.4, -0.2) is 19.8 Å². The van der Waals surface area contributed by atoms with Crippen LogP contribution < -0.4 is 0 Å². The van der Waals surface area contributed by atoms with Gasteiger partial charge in [-0.3, -0.25) is 4.18 Å². The van der Waals surface area contributed by atoms with Crippen LogP contribution in [0.15, 0.2) is 0 Å². The molecule has 1 atom stereocenters. The average Bonchev–Trinajstić information content (AvgIpc) is 2.16. The van der Waals surface area contributed by atoms with Crippen molar-refractivity contribution in [3.05, 3.63) is 0 Å². The zero-order valence-corrected chi connectivity index (χ0v) is 12.1. The SMILES string of the molecule is CCCCC(CC)COS(=O)(=O)C(C)(C)C. The molecular weight excluding hydrogens is 224 g/mol. The molecular formula is C12H26O3S. The molecule has 0 aromatic heterocycles. The standard InChI is InChI=1S/C12H26O3S/c1-6-8-9-11(7-2)10-15-16(13,14)12(3,4)5/h11H,6-10H2,1-5H3. The Kier molecular flexibility index (Phi) is 6.56. The van der Waals surface area contributed by atoms with Gasteiger partial charge >= 0.3 is 0 Å². The van der Waals surface area contributed by atoms with Gasteiger partial charge in [-0.1, -0.05) is 33.1 Å². The Labute approximate surface area is 101 Å². The van der Waals surface area contributed by atoms with Gasteiger partial charge in [-0.25, -0.2) is 0 Å². The van der Waals surface area contributed by atoms with Crippen molar-refractivity contribution in [2.75, 3.05) is 6.61 Å². The monoisotopic (exact) mass is 250 g/mol.